The van der Waals surface area contributed by atoms with Crippen molar-refractivity contribution in [2.75, 3.05) is 19.8 Å². The first-order valence-corrected chi connectivity index (χ1v) is 7.71. The summed E-state index contributed by atoms with van der Waals surface area (Å²) in [4.78, 5) is 13.6. The Kier molecular flexibility index (Phi) is 5.43. The number of alkyl halides is 1. The molecule has 21 heavy (non-hydrogen) atoms. The number of amides is 1. The third-order valence-electron chi connectivity index (χ3n) is 3.66. The lowest BCUT2D eigenvalue weighted by molar-refractivity contribution is -0.185. The lowest BCUT2D eigenvalue weighted by atomic mass is 10.2. The van der Waals surface area contributed by atoms with Crippen molar-refractivity contribution in [1.82, 2.24) is 4.90 Å². The Bertz CT molecular complexity index is 352. The van der Waals surface area contributed by atoms with E-state index in [-0.39, 0.29) is 12.4 Å². The molecule has 0 N–H and O–H groups in total. The molecule has 0 aromatic rings. The average Bonchev–Trinajstić information content (AvgIpc) is 2.81. The second-order valence-corrected chi connectivity index (χ2v) is 6.73. The third kappa shape index (κ3) is 4.81. The zero-order valence-electron chi connectivity index (χ0n) is 13.1. The summed E-state index contributed by atoms with van der Waals surface area (Å²) >= 11 is 0. The van der Waals surface area contributed by atoms with Crippen molar-refractivity contribution in [2.45, 2.75) is 70.5 Å². The van der Waals surface area contributed by atoms with Crippen LogP contribution in [-0.4, -0.2) is 54.9 Å². The number of halogens is 1. The minimum atomic E-state index is -0.580. The van der Waals surface area contributed by atoms with E-state index in [9.17, 15) is 9.18 Å². The largest absolute Gasteiger partial charge is 0.444 e. The van der Waals surface area contributed by atoms with Crippen LogP contribution >= 0.6 is 0 Å². The number of nitrogens with zero attached hydrogens (tertiary/aromatic N) is 1. The second-order valence-electron chi connectivity index (χ2n) is 6.73. The zero-order valence-corrected chi connectivity index (χ0v) is 13.1. The molecule has 2 fully saturated rings. The molecule has 0 aromatic carbocycles. The van der Waals surface area contributed by atoms with Crippen molar-refractivity contribution in [2.24, 2.45) is 0 Å². The van der Waals surface area contributed by atoms with Gasteiger partial charge in [-0.3, -0.25) is 4.90 Å². The van der Waals surface area contributed by atoms with Crippen LogP contribution in [0.4, 0.5) is 9.18 Å². The summed E-state index contributed by atoms with van der Waals surface area (Å²) in [6.45, 7) is 5.90. The Morgan fingerprint density at radius 2 is 2.14 bits per heavy atom. The molecule has 0 aliphatic carbocycles. The van der Waals surface area contributed by atoms with E-state index < -0.39 is 24.4 Å². The number of carbonyl (C=O) groups is 1. The van der Waals surface area contributed by atoms with Gasteiger partial charge in [-0.2, -0.15) is 0 Å². The molecule has 122 valence electrons. The van der Waals surface area contributed by atoms with E-state index in [1.807, 2.05) is 0 Å². The van der Waals surface area contributed by atoms with Gasteiger partial charge >= 0.3 is 6.09 Å². The fourth-order valence-electron chi connectivity index (χ4n) is 2.70. The predicted molar refractivity (Wildman–Crippen MR) is 75.8 cm³/mol. The van der Waals surface area contributed by atoms with Crippen LogP contribution < -0.4 is 0 Å². The van der Waals surface area contributed by atoms with Gasteiger partial charge in [-0.1, -0.05) is 0 Å². The highest BCUT2D eigenvalue weighted by atomic mass is 19.1. The highest BCUT2D eigenvalue weighted by molar-refractivity contribution is 5.69. The standard InChI is InChI=1S/C15H26FNO4/c1-15(2,3)21-14(18)17-10-12(8-11(17)9-16)20-13-6-4-5-7-19-13/h11-13H,4-10H2,1-3H3/t11-,12-,13?/m1/s1. The quantitative estimate of drug-likeness (QED) is 0.804. The van der Waals surface area contributed by atoms with Gasteiger partial charge in [-0.05, 0) is 46.5 Å². The van der Waals surface area contributed by atoms with Crippen molar-refractivity contribution in [3.63, 3.8) is 0 Å². The molecule has 0 saturated carbocycles. The Labute approximate surface area is 125 Å². The summed E-state index contributed by atoms with van der Waals surface area (Å²) in [5.74, 6) is 0. The molecule has 2 heterocycles. The molecule has 6 heteroatoms. The minimum absolute atomic E-state index is 0.179. The minimum Gasteiger partial charge on any atom is -0.444 e. The first-order valence-electron chi connectivity index (χ1n) is 7.71. The first-order chi connectivity index (χ1) is 9.89. The fraction of sp³-hybridized carbons (Fsp3) is 0.933. The topological polar surface area (TPSA) is 48.0 Å². The SMILES string of the molecule is CC(C)(C)OC(=O)N1C[C@H](OC2CCCCO2)C[C@@H]1CF. The second kappa shape index (κ2) is 6.92. The van der Waals surface area contributed by atoms with Crippen LogP contribution in [0.3, 0.4) is 0 Å². The molecule has 1 unspecified atom stereocenters. The Hall–Kier alpha value is -0.880. The molecule has 3 atom stereocenters. The summed E-state index contributed by atoms with van der Waals surface area (Å²) < 4.78 is 29.9. The maximum Gasteiger partial charge on any atom is 0.410 e. The molecule has 0 bridgehead atoms. The van der Waals surface area contributed by atoms with Crippen LogP contribution in [-0.2, 0) is 14.2 Å². The lowest BCUT2D eigenvalue weighted by Crippen LogP contribution is -2.41. The number of hydrogen-bond acceptors (Lipinski definition) is 4. The molecule has 2 rings (SSSR count). The lowest BCUT2D eigenvalue weighted by Gasteiger charge is -2.27. The smallest absolute Gasteiger partial charge is 0.410 e. The van der Waals surface area contributed by atoms with Crippen LogP contribution in [0, 0.1) is 0 Å². The molecular weight excluding hydrogens is 277 g/mol. The van der Waals surface area contributed by atoms with E-state index >= 15 is 0 Å². The van der Waals surface area contributed by atoms with Crippen LogP contribution in [0.5, 0.6) is 0 Å². The predicted octanol–water partition coefficient (Wildman–Crippen LogP) is 2.88. The third-order valence-corrected chi connectivity index (χ3v) is 3.66. The van der Waals surface area contributed by atoms with Gasteiger partial charge in [0.05, 0.1) is 18.7 Å². The van der Waals surface area contributed by atoms with E-state index in [0.717, 1.165) is 19.3 Å². The monoisotopic (exact) mass is 303 g/mol. The van der Waals surface area contributed by atoms with E-state index in [1.54, 1.807) is 20.8 Å². The molecule has 2 saturated heterocycles. The van der Waals surface area contributed by atoms with E-state index in [0.29, 0.717) is 19.6 Å². The summed E-state index contributed by atoms with van der Waals surface area (Å²) in [6.07, 6.45) is 2.63. The normalized spacial score (nSPS) is 30.5. The van der Waals surface area contributed by atoms with Gasteiger partial charge in [0.2, 0.25) is 0 Å². The van der Waals surface area contributed by atoms with Gasteiger partial charge in [-0.25, -0.2) is 9.18 Å². The van der Waals surface area contributed by atoms with Crippen molar-refractivity contribution in [3.05, 3.63) is 0 Å². The van der Waals surface area contributed by atoms with Crippen LogP contribution in [0.1, 0.15) is 46.5 Å². The Morgan fingerprint density at radius 3 is 2.71 bits per heavy atom. The summed E-state index contributed by atoms with van der Waals surface area (Å²) in [7, 11) is 0. The van der Waals surface area contributed by atoms with Gasteiger partial charge in [0.1, 0.15) is 12.3 Å². The molecule has 1 amide bonds. The van der Waals surface area contributed by atoms with Gasteiger partial charge in [-0.15, -0.1) is 0 Å². The average molecular weight is 303 g/mol. The van der Waals surface area contributed by atoms with Crippen molar-refractivity contribution in [1.29, 1.82) is 0 Å². The van der Waals surface area contributed by atoms with Crippen LogP contribution in [0.15, 0.2) is 0 Å². The molecule has 0 radical (unpaired) electrons. The fourth-order valence-corrected chi connectivity index (χ4v) is 2.70. The van der Waals surface area contributed by atoms with E-state index in [1.165, 1.54) is 4.90 Å². The van der Waals surface area contributed by atoms with Gasteiger partial charge in [0.25, 0.3) is 0 Å². The number of likely N-dealkylation sites (tertiary alicyclic amines) is 1. The Balaban J connectivity index is 1.88. The van der Waals surface area contributed by atoms with Crippen molar-refractivity contribution >= 4 is 6.09 Å². The molecule has 5 nitrogen and oxygen atoms in total. The molecule has 0 spiro atoms. The number of rotatable bonds is 3. The van der Waals surface area contributed by atoms with Crippen LogP contribution in [0.25, 0.3) is 0 Å². The van der Waals surface area contributed by atoms with E-state index in [2.05, 4.69) is 0 Å². The van der Waals surface area contributed by atoms with Crippen molar-refractivity contribution < 1.29 is 23.4 Å². The number of hydrogen-bond donors (Lipinski definition) is 0. The molecule has 0 aromatic heterocycles. The maximum absolute atomic E-state index is 13.2. The Morgan fingerprint density at radius 1 is 1.38 bits per heavy atom. The first kappa shape index (κ1) is 16.5. The summed E-state index contributed by atoms with van der Waals surface area (Å²) in [6, 6.07) is -0.464. The zero-order chi connectivity index (χ0) is 15.5. The van der Waals surface area contributed by atoms with Gasteiger partial charge in [0.15, 0.2) is 6.29 Å². The van der Waals surface area contributed by atoms with Crippen molar-refractivity contribution in [3.8, 4) is 0 Å². The maximum atomic E-state index is 13.2. The highest BCUT2D eigenvalue weighted by Crippen LogP contribution is 2.26. The molecule has 2 aliphatic rings. The van der Waals surface area contributed by atoms with Gasteiger partial charge in [0, 0.05) is 6.61 Å². The molecular formula is C15H26FNO4. The molecule has 2 aliphatic heterocycles. The number of carbonyl (C=O) groups excluding carboxylic acids is 1. The van der Waals surface area contributed by atoms with E-state index in [4.69, 9.17) is 14.2 Å². The van der Waals surface area contributed by atoms with Gasteiger partial charge < -0.3 is 14.2 Å². The summed E-state index contributed by atoms with van der Waals surface area (Å²) in [5, 5.41) is 0. The highest BCUT2D eigenvalue weighted by Gasteiger charge is 2.39. The van der Waals surface area contributed by atoms with Crippen LogP contribution in [0.2, 0.25) is 0 Å². The number of ether oxygens (including phenoxy) is 3. The summed E-state index contributed by atoms with van der Waals surface area (Å²) in [5.41, 5.74) is -0.580.